The Morgan fingerprint density at radius 2 is 1.00 bits per heavy atom. The SMILES string of the molecule is Oc1ccc(SCCC(O)CC(O)CCSc2ccc(O)cc2)cc1. The first-order chi connectivity index (χ1) is 12.0. The molecule has 0 aliphatic rings. The lowest BCUT2D eigenvalue weighted by atomic mass is 10.1. The summed E-state index contributed by atoms with van der Waals surface area (Å²) in [7, 11) is 0. The van der Waals surface area contributed by atoms with Gasteiger partial charge in [-0.15, -0.1) is 23.5 Å². The molecule has 0 bridgehead atoms. The number of hydrogen-bond acceptors (Lipinski definition) is 6. The molecule has 2 unspecified atom stereocenters. The Bertz CT molecular complexity index is 561. The van der Waals surface area contributed by atoms with E-state index in [9.17, 15) is 20.4 Å². The molecule has 0 spiro atoms. The van der Waals surface area contributed by atoms with Crippen molar-refractivity contribution in [2.45, 2.75) is 41.3 Å². The van der Waals surface area contributed by atoms with Gasteiger partial charge in [-0.2, -0.15) is 0 Å². The predicted molar refractivity (Wildman–Crippen MR) is 104 cm³/mol. The number of hydrogen-bond donors (Lipinski definition) is 4. The van der Waals surface area contributed by atoms with Crippen LogP contribution in [0.5, 0.6) is 11.5 Å². The van der Waals surface area contributed by atoms with E-state index in [2.05, 4.69) is 0 Å². The molecule has 4 nitrogen and oxygen atoms in total. The summed E-state index contributed by atoms with van der Waals surface area (Å²) in [6, 6.07) is 14.0. The van der Waals surface area contributed by atoms with Gasteiger partial charge in [-0.3, -0.25) is 0 Å². The summed E-state index contributed by atoms with van der Waals surface area (Å²) in [6.45, 7) is 0. The molecule has 136 valence electrons. The van der Waals surface area contributed by atoms with Crippen LogP contribution in [0.2, 0.25) is 0 Å². The first kappa shape index (κ1) is 20.0. The van der Waals surface area contributed by atoms with E-state index in [1.54, 1.807) is 47.8 Å². The molecule has 2 aromatic carbocycles. The largest absolute Gasteiger partial charge is 0.508 e. The van der Waals surface area contributed by atoms with Gasteiger partial charge in [0.05, 0.1) is 12.2 Å². The maximum absolute atomic E-state index is 10.0. The van der Waals surface area contributed by atoms with Crippen LogP contribution in [0.4, 0.5) is 0 Å². The lowest BCUT2D eigenvalue weighted by molar-refractivity contribution is 0.0778. The number of aliphatic hydroxyl groups excluding tert-OH is 2. The fraction of sp³-hybridized carbons (Fsp3) is 0.368. The molecular formula is C19H24O4S2. The summed E-state index contributed by atoms with van der Waals surface area (Å²) in [4.78, 5) is 2.10. The molecule has 0 saturated carbocycles. The van der Waals surface area contributed by atoms with E-state index in [4.69, 9.17) is 0 Å². The molecule has 0 aromatic heterocycles. The summed E-state index contributed by atoms with van der Waals surface area (Å²) in [5, 5.41) is 38.6. The summed E-state index contributed by atoms with van der Waals surface area (Å²) in [5.41, 5.74) is 0. The minimum Gasteiger partial charge on any atom is -0.508 e. The lowest BCUT2D eigenvalue weighted by Gasteiger charge is -2.15. The van der Waals surface area contributed by atoms with Crippen molar-refractivity contribution in [3.8, 4) is 11.5 Å². The second-order valence-electron chi connectivity index (χ2n) is 5.81. The van der Waals surface area contributed by atoms with Gasteiger partial charge in [0.1, 0.15) is 11.5 Å². The highest BCUT2D eigenvalue weighted by molar-refractivity contribution is 7.99. The summed E-state index contributed by atoms with van der Waals surface area (Å²) >= 11 is 3.25. The zero-order chi connectivity index (χ0) is 18.1. The highest BCUT2D eigenvalue weighted by atomic mass is 32.2. The standard InChI is InChI=1S/C19H24O4S2/c20-14-1-5-18(6-2-14)24-11-9-16(22)13-17(23)10-12-25-19-7-3-15(21)4-8-19/h1-8,16-17,20-23H,9-13H2. The van der Waals surface area contributed by atoms with Crippen LogP contribution in [0.25, 0.3) is 0 Å². The first-order valence-electron chi connectivity index (χ1n) is 8.22. The van der Waals surface area contributed by atoms with Crippen LogP contribution in [0, 0.1) is 0 Å². The van der Waals surface area contributed by atoms with Crippen molar-refractivity contribution < 1.29 is 20.4 Å². The fourth-order valence-electron chi connectivity index (χ4n) is 2.26. The molecule has 6 heteroatoms. The van der Waals surface area contributed by atoms with Gasteiger partial charge < -0.3 is 20.4 Å². The summed E-state index contributed by atoms with van der Waals surface area (Å²) in [5.74, 6) is 2.03. The second-order valence-corrected chi connectivity index (χ2v) is 8.14. The van der Waals surface area contributed by atoms with Gasteiger partial charge >= 0.3 is 0 Å². The third-order valence-corrected chi connectivity index (χ3v) is 5.75. The van der Waals surface area contributed by atoms with E-state index < -0.39 is 12.2 Å². The van der Waals surface area contributed by atoms with Gasteiger partial charge in [-0.25, -0.2) is 0 Å². The zero-order valence-corrected chi connectivity index (χ0v) is 15.5. The van der Waals surface area contributed by atoms with Crippen molar-refractivity contribution in [2.75, 3.05) is 11.5 Å². The van der Waals surface area contributed by atoms with E-state index in [0.29, 0.717) is 19.3 Å². The van der Waals surface area contributed by atoms with Crippen molar-refractivity contribution >= 4 is 23.5 Å². The molecule has 25 heavy (non-hydrogen) atoms. The fourth-order valence-corrected chi connectivity index (χ4v) is 4.17. The lowest BCUT2D eigenvalue weighted by Crippen LogP contribution is -2.18. The average Bonchev–Trinajstić information content (AvgIpc) is 2.58. The Morgan fingerprint density at radius 3 is 1.36 bits per heavy atom. The van der Waals surface area contributed by atoms with Crippen molar-refractivity contribution in [3.05, 3.63) is 48.5 Å². The van der Waals surface area contributed by atoms with Crippen LogP contribution in [-0.4, -0.2) is 44.1 Å². The minimum atomic E-state index is -0.515. The van der Waals surface area contributed by atoms with Crippen molar-refractivity contribution in [2.24, 2.45) is 0 Å². The number of phenols is 2. The molecule has 0 amide bonds. The molecule has 4 N–H and O–H groups in total. The topological polar surface area (TPSA) is 80.9 Å². The molecule has 2 rings (SSSR count). The van der Waals surface area contributed by atoms with Crippen LogP contribution in [-0.2, 0) is 0 Å². The van der Waals surface area contributed by atoms with Gasteiger partial charge in [0, 0.05) is 21.3 Å². The summed E-state index contributed by atoms with van der Waals surface area (Å²) < 4.78 is 0. The number of aromatic hydroxyl groups is 2. The Labute approximate surface area is 156 Å². The number of phenolic OH excluding ortho intramolecular Hbond substituents is 2. The zero-order valence-electron chi connectivity index (χ0n) is 13.9. The first-order valence-corrected chi connectivity index (χ1v) is 10.2. The molecular weight excluding hydrogens is 356 g/mol. The Kier molecular flexibility index (Phi) is 8.48. The molecule has 0 saturated heterocycles. The second kappa shape index (κ2) is 10.6. The monoisotopic (exact) mass is 380 g/mol. The Hall–Kier alpha value is -1.34. The minimum absolute atomic E-state index is 0.248. The number of aliphatic hydroxyl groups is 2. The highest BCUT2D eigenvalue weighted by Crippen LogP contribution is 2.24. The van der Waals surface area contributed by atoms with Crippen LogP contribution in [0.3, 0.4) is 0 Å². The molecule has 0 radical (unpaired) electrons. The number of thioether (sulfide) groups is 2. The number of benzene rings is 2. The van der Waals surface area contributed by atoms with E-state index >= 15 is 0 Å². The predicted octanol–water partition coefficient (Wildman–Crippen LogP) is 3.87. The molecule has 0 aliphatic carbocycles. The Balaban J connectivity index is 1.58. The van der Waals surface area contributed by atoms with Gasteiger partial charge in [-0.1, -0.05) is 0 Å². The Morgan fingerprint density at radius 1 is 0.640 bits per heavy atom. The van der Waals surface area contributed by atoms with Gasteiger partial charge in [0.15, 0.2) is 0 Å². The average molecular weight is 381 g/mol. The third-order valence-electron chi connectivity index (χ3n) is 3.66. The van der Waals surface area contributed by atoms with Crippen molar-refractivity contribution in [1.82, 2.24) is 0 Å². The quantitative estimate of drug-likeness (QED) is 0.469. The van der Waals surface area contributed by atoms with Crippen LogP contribution in [0.15, 0.2) is 58.3 Å². The van der Waals surface area contributed by atoms with Crippen LogP contribution < -0.4 is 0 Å². The van der Waals surface area contributed by atoms with Gasteiger partial charge in [0.2, 0.25) is 0 Å². The maximum Gasteiger partial charge on any atom is 0.115 e. The molecule has 0 aliphatic heterocycles. The van der Waals surface area contributed by atoms with E-state index in [-0.39, 0.29) is 11.5 Å². The third kappa shape index (κ3) is 8.05. The molecule has 0 heterocycles. The normalized spacial score (nSPS) is 13.5. The highest BCUT2D eigenvalue weighted by Gasteiger charge is 2.12. The van der Waals surface area contributed by atoms with E-state index in [1.807, 2.05) is 24.3 Å². The molecule has 2 atom stereocenters. The van der Waals surface area contributed by atoms with Gasteiger partial charge in [-0.05, 0) is 67.8 Å². The van der Waals surface area contributed by atoms with Gasteiger partial charge in [0.25, 0.3) is 0 Å². The van der Waals surface area contributed by atoms with E-state index in [1.165, 1.54) is 0 Å². The molecule has 0 fully saturated rings. The van der Waals surface area contributed by atoms with Crippen LogP contribution in [0.1, 0.15) is 19.3 Å². The number of rotatable bonds is 10. The van der Waals surface area contributed by atoms with Crippen molar-refractivity contribution in [1.29, 1.82) is 0 Å². The van der Waals surface area contributed by atoms with E-state index in [0.717, 1.165) is 21.3 Å². The molecule has 2 aromatic rings. The van der Waals surface area contributed by atoms with Crippen molar-refractivity contribution in [3.63, 3.8) is 0 Å². The summed E-state index contributed by atoms with van der Waals surface area (Å²) in [6.07, 6.45) is 0.588. The smallest absolute Gasteiger partial charge is 0.115 e. The van der Waals surface area contributed by atoms with Crippen LogP contribution >= 0.6 is 23.5 Å². The maximum atomic E-state index is 10.0.